The van der Waals surface area contributed by atoms with E-state index in [0.717, 1.165) is 20.8 Å². The number of aryl methyl sites for hydroxylation is 1. The van der Waals surface area contributed by atoms with Crippen LogP contribution in [0.2, 0.25) is 0 Å². The van der Waals surface area contributed by atoms with E-state index in [9.17, 15) is 14.4 Å². The number of H-pyrrole nitrogens is 1. The second-order valence-corrected chi connectivity index (χ2v) is 8.32. The van der Waals surface area contributed by atoms with Crippen molar-refractivity contribution in [3.8, 4) is 10.6 Å². The molecule has 5 aromatic rings. The van der Waals surface area contributed by atoms with Gasteiger partial charge >= 0.3 is 5.69 Å². The van der Waals surface area contributed by atoms with Crippen molar-refractivity contribution in [2.24, 2.45) is 0 Å². The normalized spacial score (nSPS) is 11.1. The average Bonchev–Trinajstić information content (AvgIpc) is 3.24. The number of carbonyl (C=O) groups is 1. The van der Waals surface area contributed by atoms with Crippen LogP contribution in [0.4, 0.5) is 5.69 Å². The molecule has 0 radical (unpaired) electrons. The van der Waals surface area contributed by atoms with Gasteiger partial charge in [0.1, 0.15) is 5.01 Å². The monoisotopic (exact) mass is 442 g/mol. The molecule has 2 N–H and O–H groups in total. The molecule has 1 amide bonds. The van der Waals surface area contributed by atoms with Crippen molar-refractivity contribution in [1.29, 1.82) is 0 Å². The van der Waals surface area contributed by atoms with Crippen molar-refractivity contribution >= 4 is 44.1 Å². The van der Waals surface area contributed by atoms with Crippen LogP contribution in [0, 0.1) is 0 Å². The Hall–Kier alpha value is -4.04. The van der Waals surface area contributed by atoms with Gasteiger partial charge in [0.2, 0.25) is 5.91 Å². The third-order valence-electron chi connectivity index (χ3n) is 5.15. The molecule has 5 rings (SSSR count). The SMILES string of the molecule is O=C(CCn1c(=O)[nH]c(=O)c2ccccc21)Nc1cccc(-c2nc3ccccc3s2)c1. The molecule has 0 unspecified atom stereocenters. The third kappa shape index (κ3) is 3.83. The Labute approximate surface area is 186 Å². The van der Waals surface area contributed by atoms with E-state index in [4.69, 9.17) is 0 Å². The van der Waals surface area contributed by atoms with Crippen molar-refractivity contribution in [3.63, 3.8) is 0 Å². The summed E-state index contributed by atoms with van der Waals surface area (Å²) in [5, 5.41) is 4.18. The fourth-order valence-electron chi connectivity index (χ4n) is 3.63. The molecule has 0 fully saturated rings. The Kier molecular flexibility index (Phi) is 5.12. The topological polar surface area (TPSA) is 96.9 Å². The van der Waals surface area contributed by atoms with Crippen molar-refractivity contribution < 1.29 is 4.79 Å². The lowest BCUT2D eigenvalue weighted by Gasteiger charge is -2.10. The number of benzene rings is 3. The smallest absolute Gasteiger partial charge is 0.326 e. The molecule has 0 aliphatic carbocycles. The number of amides is 1. The van der Waals surface area contributed by atoms with Gasteiger partial charge in [0.25, 0.3) is 5.56 Å². The molecule has 158 valence electrons. The number of para-hydroxylation sites is 2. The summed E-state index contributed by atoms with van der Waals surface area (Å²) in [6.07, 6.45) is 0.0846. The van der Waals surface area contributed by atoms with Crippen LogP contribution in [0.5, 0.6) is 0 Å². The highest BCUT2D eigenvalue weighted by atomic mass is 32.1. The summed E-state index contributed by atoms with van der Waals surface area (Å²) in [6.45, 7) is 0.152. The van der Waals surface area contributed by atoms with Crippen LogP contribution in [0.15, 0.2) is 82.4 Å². The van der Waals surface area contributed by atoms with Crippen molar-refractivity contribution in [2.75, 3.05) is 5.32 Å². The zero-order valence-corrected chi connectivity index (χ0v) is 17.7. The van der Waals surface area contributed by atoms with Gasteiger partial charge in [-0.2, -0.15) is 0 Å². The lowest BCUT2D eigenvalue weighted by atomic mass is 10.2. The van der Waals surface area contributed by atoms with Gasteiger partial charge in [-0.25, -0.2) is 9.78 Å². The molecular weight excluding hydrogens is 424 g/mol. The molecule has 2 aromatic heterocycles. The first-order valence-corrected chi connectivity index (χ1v) is 10.9. The molecule has 0 aliphatic heterocycles. The minimum Gasteiger partial charge on any atom is -0.326 e. The lowest BCUT2D eigenvalue weighted by Crippen LogP contribution is -2.31. The molecule has 3 aromatic carbocycles. The van der Waals surface area contributed by atoms with E-state index < -0.39 is 11.2 Å². The van der Waals surface area contributed by atoms with Crippen molar-refractivity contribution in [1.82, 2.24) is 14.5 Å². The summed E-state index contributed by atoms with van der Waals surface area (Å²) < 4.78 is 2.52. The maximum absolute atomic E-state index is 12.6. The highest BCUT2D eigenvalue weighted by Gasteiger charge is 2.11. The number of carbonyl (C=O) groups excluding carboxylic acids is 1. The van der Waals surface area contributed by atoms with Crippen LogP contribution in [-0.2, 0) is 11.3 Å². The summed E-state index contributed by atoms with van der Waals surface area (Å²) in [6, 6.07) is 22.3. The third-order valence-corrected chi connectivity index (χ3v) is 6.24. The number of nitrogens with zero attached hydrogens (tertiary/aromatic N) is 2. The summed E-state index contributed by atoms with van der Waals surface area (Å²) in [4.78, 5) is 43.8. The molecule has 32 heavy (non-hydrogen) atoms. The molecule has 0 spiro atoms. The largest absolute Gasteiger partial charge is 0.328 e. The van der Waals surface area contributed by atoms with E-state index in [1.54, 1.807) is 35.6 Å². The average molecular weight is 443 g/mol. The highest BCUT2D eigenvalue weighted by molar-refractivity contribution is 7.21. The van der Waals surface area contributed by atoms with Crippen LogP contribution >= 0.6 is 11.3 Å². The molecule has 0 saturated carbocycles. The number of fused-ring (bicyclic) bond motifs is 2. The summed E-state index contributed by atoms with van der Waals surface area (Å²) >= 11 is 1.60. The number of rotatable bonds is 5. The van der Waals surface area contributed by atoms with Gasteiger partial charge in [-0.3, -0.25) is 19.1 Å². The molecule has 2 heterocycles. The van der Waals surface area contributed by atoms with E-state index in [1.807, 2.05) is 48.5 Å². The fraction of sp³-hybridized carbons (Fsp3) is 0.0833. The molecule has 8 heteroatoms. The van der Waals surface area contributed by atoms with E-state index in [-0.39, 0.29) is 18.9 Å². The second-order valence-electron chi connectivity index (χ2n) is 7.29. The minimum absolute atomic E-state index is 0.0846. The van der Waals surface area contributed by atoms with Gasteiger partial charge in [0.05, 0.1) is 21.1 Å². The van der Waals surface area contributed by atoms with Gasteiger partial charge in [-0.15, -0.1) is 11.3 Å². The fourth-order valence-corrected chi connectivity index (χ4v) is 4.59. The lowest BCUT2D eigenvalue weighted by molar-refractivity contribution is -0.116. The number of thiazole rings is 1. The van der Waals surface area contributed by atoms with E-state index in [0.29, 0.717) is 16.6 Å². The van der Waals surface area contributed by atoms with Gasteiger partial charge < -0.3 is 5.32 Å². The summed E-state index contributed by atoms with van der Waals surface area (Å²) in [5.74, 6) is -0.228. The zero-order chi connectivity index (χ0) is 22.1. The molecule has 0 aliphatic rings. The van der Waals surface area contributed by atoms with Gasteiger partial charge in [-0.05, 0) is 36.4 Å². The number of hydrogen-bond donors (Lipinski definition) is 2. The zero-order valence-electron chi connectivity index (χ0n) is 16.9. The van der Waals surface area contributed by atoms with Crippen molar-refractivity contribution in [3.05, 3.63) is 93.6 Å². The number of aromatic amines is 1. The second kappa shape index (κ2) is 8.24. The number of anilines is 1. The molecule has 0 bridgehead atoms. The predicted molar refractivity (Wildman–Crippen MR) is 127 cm³/mol. The standard InChI is InChI=1S/C24H18N4O3S/c29-21(12-13-28-19-10-3-1-8-17(19)22(30)27-24(28)31)25-16-7-5-6-15(14-16)23-26-18-9-2-4-11-20(18)32-23/h1-11,14H,12-13H2,(H,25,29)(H,27,30,31). The Morgan fingerprint density at radius 1 is 1.00 bits per heavy atom. The quantitative estimate of drug-likeness (QED) is 0.430. The molecule has 0 saturated heterocycles. The maximum atomic E-state index is 12.6. The number of aromatic nitrogens is 3. The Morgan fingerprint density at radius 3 is 2.69 bits per heavy atom. The number of hydrogen-bond acceptors (Lipinski definition) is 5. The van der Waals surface area contributed by atoms with Gasteiger partial charge in [-0.1, -0.05) is 36.4 Å². The van der Waals surface area contributed by atoms with Crippen molar-refractivity contribution in [2.45, 2.75) is 13.0 Å². The first-order valence-electron chi connectivity index (χ1n) is 10.1. The molecular formula is C24H18N4O3S. The maximum Gasteiger partial charge on any atom is 0.328 e. The number of nitrogens with one attached hydrogen (secondary N) is 2. The minimum atomic E-state index is -0.528. The van der Waals surface area contributed by atoms with E-state index in [2.05, 4.69) is 15.3 Å². The Balaban J connectivity index is 1.33. The molecule has 0 atom stereocenters. The van der Waals surface area contributed by atoms with E-state index in [1.165, 1.54) is 4.57 Å². The van der Waals surface area contributed by atoms with Crippen LogP contribution in [0.25, 0.3) is 31.7 Å². The van der Waals surface area contributed by atoms with E-state index >= 15 is 0 Å². The Morgan fingerprint density at radius 2 is 1.81 bits per heavy atom. The Bertz CT molecular complexity index is 1550. The molecule has 7 nitrogen and oxygen atoms in total. The summed E-state index contributed by atoms with van der Waals surface area (Å²) in [5.41, 5.74) is 2.07. The van der Waals surface area contributed by atoms with Crippen LogP contribution < -0.4 is 16.6 Å². The van der Waals surface area contributed by atoms with Crippen LogP contribution in [0.3, 0.4) is 0 Å². The van der Waals surface area contributed by atoms with Gasteiger partial charge in [0, 0.05) is 24.2 Å². The first-order chi connectivity index (χ1) is 15.6. The highest BCUT2D eigenvalue weighted by Crippen LogP contribution is 2.31. The van der Waals surface area contributed by atoms with Gasteiger partial charge in [0.15, 0.2) is 0 Å². The predicted octanol–water partition coefficient (Wildman–Crippen LogP) is 4.00. The van der Waals surface area contributed by atoms with Crippen LogP contribution in [-0.4, -0.2) is 20.4 Å². The van der Waals surface area contributed by atoms with Crippen LogP contribution in [0.1, 0.15) is 6.42 Å². The first kappa shape index (κ1) is 19.9. The summed E-state index contributed by atoms with van der Waals surface area (Å²) in [7, 11) is 0.